The summed E-state index contributed by atoms with van der Waals surface area (Å²) >= 11 is 5.87. The summed E-state index contributed by atoms with van der Waals surface area (Å²) in [6.07, 6.45) is 1.54. The maximum absolute atomic E-state index is 12.0. The first-order valence-electron chi connectivity index (χ1n) is 6.14. The van der Waals surface area contributed by atoms with Crippen molar-refractivity contribution in [2.75, 3.05) is 0 Å². The average molecular weight is 321 g/mol. The van der Waals surface area contributed by atoms with Gasteiger partial charge < -0.3 is 0 Å². The molecule has 0 bridgehead atoms. The van der Waals surface area contributed by atoms with Crippen molar-refractivity contribution in [2.24, 2.45) is 9.63 Å². The Labute approximate surface area is 128 Å². The predicted octanol–water partition coefficient (Wildman–Crippen LogP) is 4.37. The van der Waals surface area contributed by atoms with E-state index >= 15 is 0 Å². The van der Waals surface area contributed by atoms with Crippen molar-refractivity contribution in [1.29, 1.82) is 0 Å². The number of rotatable bonds is 4. The average Bonchev–Trinajstić information content (AvgIpc) is 2.47. The van der Waals surface area contributed by atoms with Crippen LogP contribution in [0.2, 0.25) is 0 Å². The Kier molecular flexibility index (Phi) is 4.88. The lowest BCUT2D eigenvalue weighted by molar-refractivity contribution is 0.595. The smallest absolute Gasteiger partial charge is 0.198 e. The maximum Gasteiger partial charge on any atom is 0.299 e. The molecule has 21 heavy (non-hydrogen) atoms. The highest BCUT2D eigenvalue weighted by Gasteiger charge is 2.12. The fourth-order valence-electron chi connectivity index (χ4n) is 1.57. The highest BCUT2D eigenvalue weighted by atomic mass is 35.5. The van der Waals surface area contributed by atoms with Crippen LogP contribution in [0.1, 0.15) is 11.1 Å². The van der Waals surface area contributed by atoms with E-state index in [1.165, 1.54) is 18.2 Å². The van der Waals surface area contributed by atoms with E-state index in [2.05, 4.69) is 9.63 Å². The van der Waals surface area contributed by atoms with Gasteiger partial charge in [-0.3, -0.25) is 0 Å². The molecule has 0 N–H and O–H groups in total. The molecule has 0 fully saturated rings. The van der Waals surface area contributed by atoms with Crippen LogP contribution in [0.5, 0.6) is 0 Å². The van der Waals surface area contributed by atoms with Crippen molar-refractivity contribution in [1.82, 2.24) is 0 Å². The number of hydrogen-bond acceptors (Lipinski definition) is 3. The van der Waals surface area contributed by atoms with Gasteiger partial charge in [0.15, 0.2) is 5.16 Å². The van der Waals surface area contributed by atoms with Crippen LogP contribution in [-0.4, -0.2) is 8.42 Å². The van der Waals surface area contributed by atoms with Crippen molar-refractivity contribution in [3.05, 3.63) is 70.9 Å². The van der Waals surface area contributed by atoms with Crippen molar-refractivity contribution in [3.8, 4) is 0 Å². The van der Waals surface area contributed by atoms with Crippen molar-refractivity contribution in [2.45, 2.75) is 11.8 Å². The van der Waals surface area contributed by atoms with Crippen LogP contribution in [0.25, 0.3) is 6.08 Å². The van der Waals surface area contributed by atoms with E-state index in [4.69, 9.17) is 11.6 Å². The molecule has 0 aliphatic rings. The van der Waals surface area contributed by atoms with E-state index in [0.29, 0.717) is 0 Å². The number of nitrogens with zero attached hydrogens (tertiary/aromatic N) is 2. The fourth-order valence-corrected chi connectivity index (χ4v) is 2.54. The molecule has 2 aromatic rings. The van der Waals surface area contributed by atoms with Crippen LogP contribution < -0.4 is 0 Å². The summed E-state index contributed by atoms with van der Waals surface area (Å²) in [7, 11) is -3.83. The molecule has 0 saturated heterocycles. The minimum atomic E-state index is -3.83. The van der Waals surface area contributed by atoms with Gasteiger partial charge in [-0.1, -0.05) is 64.1 Å². The second kappa shape index (κ2) is 6.65. The molecular weight excluding hydrogens is 308 g/mol. The molecule has 0 heterocycles. The van der Waals surface area contributed by atoms with Gasteiger partial charge in [-0.2, -0.15) is 8.42 Å². The molecular formula is C15H13ClN2O2S. The second-order valence-corrected chi connectivity index (χ2v) is 6.32. The number of halogens is 1. The van der Waals surface area contributed by atoms with Gasteiger partial charge in [0.25, 0.3) is 10.0 Å². The van der Waals surface area contributed by atoms with Gasteiger partial charge in [-0.15, -0.1) is 5.11 Å². The molecule has 0 saturated carbocycles. The summed E-state index contributed by atoms with van der Waals surface area (Å²) in [5.41, 5.74) is 1.78. The van der Waals surface area contributed by atoms with E-state index < -0.39 is 10.0 Å². The standard InChI is InChI=1S/C15H13ClN2O2S/c1-12-7-9-14(10-8-12)21(19,20)18-17-15(16)11-13-5-3-2-4-6-13/h2-11H,1H3/b15-11+,18-17+. The zero-order chi connectivity index (χ0) is 15.3. The first-order valence-corrected chi connectivity index (χ1v) is 7.96. The first kappa shape index (κ1) is 15.4. The number of sulfonamides is 1. The van der Waals surface area contributed by atoms with Crippen molar-refractivity contribution >= 4 is 27.7 Å². The predicted molar refractivity (Wildman–Crippen MR) is 83.5 cm³/mol. The lowest BCUT2D eigenvalue weighted by atomic mass is 10.2. The molecule has 6 heteroatoms. The third-order valence-electron chi connectivity index (χ3n) is 2.65. The van der Waals surface area contributed by atoms with Gasteiger partial charge in [0.05, 0.1) is 4.90 Å². The molecule has 4 nitrogen and oxygen atoms in total. The lowest BCUT2D eigenvalue weighted by Gasteiger charge is -1.98. The van der Waals surface area contributed by atoms with E-state index in [0.717, 1.165) is 11.1 Å². The van der Waals surface area contributed by atoms with E-state index in [1.54, 1.807) is 12.1 Å². The number of benzene rings is 2. The summed E-state index contributed by atoms with van der Waals surface area (Å²) in [6, 6.07) is 15.6. The Morgan fingerprint density at radius 3 is 2.29 bits per heavy atom. The van der Waals surface area contributed by atoms with Crippen molar-refractivity contribution in [3.63, 3.8) is 0 Å². The quantitative estimate of drug-likeness (QED) is 0.620. The molecule has 0 radical (unpaired) electrons. The monoisotopic (exact) mass is 320 g/mol. The molecule has 0 amide bonds. The third-order valence-corrected chi connectivity index (χ3v) is 4.00. The Hall–Kier alpha value is -1.98. The molecule has 0 spiro atoms. The molecule has 2 aromatic carbocycles. The van der Waals surface area contributed by atoms with Gasteiger partial charge in [0, 0.05) is 0 Å². The van der Waals surface area contributed by atoms with E-state index in [1.807, 2.05) is 37.3 Å². The maximum atomic E-state index is 12.0. The Morgan fingerprint density at radius 1 is 1.05 bits per heavy atom. The van der Waals surface area contributed by atoms with Crippen LogP contribution in [0.15, 0.2) is 74.3 Å². The third kappa shape index (κ3) is 4.51. The van der Waals surface area contributed by atoms with Crippen LogP contribution in [0.3, 0.4) is 0 Å². The molecule has 0 aromatic heterocycles. The molecule has 0 unspecified atom stereocenters. The van der Waals surface area contributed by atoms with Gasteiger partial charge in [0.1, 0.15) is 0 Å². The minimum absolute atomic E-state index is 0.00288. The van der Waals surface area contributed by atoms with E-state index in [-0.39, 0.29) is 10.1 Å². The fraction of sp³-hybridized carbons (Fsp3) is 0.0667. The Morgan fingerprint density at radius 2 is 1.67 bits per heavy atom. The Balaban J connectivity index is 2.20. The van der Waals surface area contributed by atoms with Crippen molar-refractivity contribution < 1.29 is 8.42 Å². The second-order valence-electron chi connectivity index (χ2n) is 4.35. The summed E-state index contributed by atoms with van der Waals surface area (Å²) in [5.74, 6) is 0. The van der Waals surface area contributed by atoms with Crippen LogP contribution in [-0.2, 0) is 10.0 Å². The largest absolute Gasteiger partial charge is 0.299 e. The zero-order valence-electron chi connectivity index (χ0n) is 11.3. The highest BCUT2D eigenvalue weighted by Crippen LogP contribution is 2.17. The zero-order valence-corrected chi connectivity index (χ0v) is 12.8. The molecule has 108 valence electrons. The topological polar surface area (TPSA) is 58.9 Å². The first-order chi connectivity index (χ1) is 9.97. The highest BCUT2D eigenvalue weighted by molar-refractivity contribution is 7.90. The molecule has 0 atom stereocenters. The number of hydrogen-bond donors (Lipinski definition) is 0. The van der Waals surface area contributed by atoms with Gasteiger partial charge >= 0.3 is 0 Å². The lowest BCUT2D eigenvalue weighted by Crippen LogP contribution is -1.95. The Bertz CT molecular complexity index is 767. The SMILES string of the molecule is Cc1ccc(S(=O)(=O)/N=N/C(Cl)=C/c2ccccc2)cc1. The summed E-state index contributed by atoms with van der Waals surface area (Å²) in [6.45, 7) is 1.87. The summed E-state index contributed by atoms with van der Waals surface area (Å²) in [5, 5.41) is 3.55. The number of aryl methyl sites for hydroxylation is 1. The molecule has 2 rings (SSSR count). The van der Waals surface area contributed by atoms with E-state index in [9.17, 15) is 8.42 Å². The minimum Gasteiger partial charge on any atom is -0.198 e. The van der Waals surface area contributed by atoms with Crippen LogP contribution in [0, 0.1) is 6.92 Å². The van der Waals surface area contributed by atoms with Gasteiger partial charge in [0.2, 0.25) is 0 Å². The van der Waals surface area contributed by atoms with Gasteiger partial charge in [-0.05, 0) is 30.7 Å². The molecule has 0 aliphatic heterocycles. The van der Waals surface area contributed by atoms with Crippen LogP contribution >= 0.6 is 11.6 Å². The molecule has 0 aliphatic carbocycles. The summed E-state index contributed by atoms with van der Waals surface area (Å²) < 4.78 is 27.3. The summed E-state index contributed by atoms with van der Waals surface area (Å²) in [4.78, 5) is 0.0843. The normalized spacial score (nSPS) is 12.8. The van der Waals surface area contributed by atoms with Crippen LogP contribution in [0.4, 0.5) is 0 Å². The van der Waals surface area contributed by atoms with Gasteiger partial charge in [-0.25, -0.2) is 0 Å².